The fourth-order valence-corrected chi connectivity index (χ4v) is 7.02. The lowest BCUT2D eigenvalue weighted by molar-refractivity contribution is 0.0691. The van der Waals surface area contributed by atoms with Crippen LogP contribution >= 0.6 is 34.4 Å². The molecule has 0 saturated carbocycles. The zero-order chi connectivity index (χ0) is 20.0. The molecule has 2 saturated heterocycles. The van der Waals surface area contributed by atoms with Crippen molar-refractivity contribution in [2.45, 2.75) is 38.8 Å². The fourth-order valence-electron chi connectivity index (χ4n) is 4.02. The summed E-state index contributed by atoms with van der Waals surface area (Å²) >= 11 is 5.16. The Balaban J connectivity index is 1.29. The van der Waals surface area contributed by atoms with Gasteiger partial charge in [0.2, 0.25) is 0 Å². The van der Waals surface area contributed by atoms with Gasteiger partial charge in [-0.1, -0.05) is 0 Å². The number of thioether (sulfide) groups is 1. The van der Waals surface area contributed by atoms with Crippen LogP contribution in [0.4, 0.5) is 10.9 Å². The number of aromatic nitrogens is 3. The zero-order valence-corrected chi connectivity index (χ0v) is 18.7. The van der Waals surface area contributed by atoms with Gasteiger partial charge >= 0.3 is 0 Å². The Kier molecular flexibility index (Phi) is 5.05. The van der Waals surface area contributed by atoms with Gasteiger partial charge in [0.05, 0.1) is 26.8 Å². The van der Waals surface area contributed by atoms with E-state index in [0.29, 0.717) is 23.5 Å². The van der Waals surface area contributed by atoms with Crippen LogP contribution in [0.1, 0.15) is 33.9 Å². The molecule has 0 unspecified atom stereocenters. The molecule has 150 valence electrons. The zero-order valence-electron chi connectivity index (χ0n) is 16.2. The maximum Gasteiger partial charge on any atom is 0.255 e. The molecule has 9 heteroatoms. The maximum atomic E-state index is 13.0. The largest absolute Gasteiger partial charge is 0.331 e. The van der Waals surface area contributed by atoms with E-state index in [-0.39, 0.29) is 5.91 Å². The number of nitrogens with one attached hydrogen (secondary N) is 1. The lowest BCUT2D eigenvalue weighted by atomic mass is 10.2. The number of hydrogen-bond donors (Lipinski definition) is 1. The molecular weight excluding hydrogens is 422 g/mol. The van der Waals surface area contributed by atoms with E-state index < -0.39 is 0 Å². The van der Waals surface area contributed by atoms with Crippen LogP contribution in [0.15, 0.2) is 23.7 Å². The average Bonchev–Trinajstić information content (AvgIpc) is 3.37. The summed E-state index contributed by atoms with van der Waals surface area (Å²) in [5, 5.41) is 7.11. The summed E-state index contributed by atoms with van der Waals surface area (Å²) < 4.78 is 0. The molecule has 0 radical (unpaired) electrons. The van der Waals surface area contributed by atoms with Crippen LogP contribution in [-0.4, -0.2) is 49.3 Å². The Hall–Kier alpha value is -1.97. The van der Waals surface area contributed by atoms with Gasteiger partial charge in [-0.25, -0.2) is 15.0 Å². The van der Waals surface area contributed by atoms with Crippen molar-refractivity contribution in [2.75, 3.05) is 16.8 Å². The molecule has 5 heterocycles. The van der Waals surface area contributed by atoms with Crippen LogP contribution in [0, 0.1) is 13.8 Å². The minimum atomic E-state index is 0.115. The van der Waals surface area contributed by atoms with E-state index in [1.54, 1.807) is 17.5 Å². The van der Waals surface area contributed by atoms with E-state index in [1.165, 1.54) is 11.3 Å². The number of rotatable bonds is 4. The van der Waals surface area contributed by atoms with Crippen molar-refractivity contribution in [1.82, 2.24) is 19.9 Å². The predicted octanol–water partition coefficient (Wildman–Crippen LogP) is 4.74. The minimum absolute atomic E-state index is 0.115. The Bertz CT molecular complexity index is 1030. The Morgan fingerprint density at radius 1 is 1.17 bits per heavy atom. The second-order valence-electron chi connectivity index (χ2n) is 7.38. The molecule has 29 heavy (non-hydrogen) atoms. The third-order valence-corrected chi connectivity index (χ3v) is 8.45. The van der Waals surface area contributed by atoms with E-state index in [9.17, 15) is 4.79 Å². The van der Waals surface area contributed by atoms with Crippen LogP contribution in [0.3, 0.4) is 0 Å². The van der Waals surface area contributed by atoms with Crippen LogP contribution in [0.5, 0.6) is 0 Å². The Labute approximate surface area is 181 Å². The number of fused-ring (bicyclic) bond motifs is 2. The van der Waals surface area contributed by atoms with Crippen molar-refractivity contribution >= 4 is 51.3 Å². The highest BCUT2D eigenvalue weighted by molar-refractivity contribution is 7.99. The van der Waals surface area contributed by atoms with Crippen molar-refractivity contribution in [3.63, 3.8) is 0 Å². The van der Waals surface area contributed by atoms with E-state index in [0.717, 1.165) is 50.8 Å². The highest BCUT2D eigenvalue weighted by atomic mass is 32.2. The van der Waals surface area contributed by atoms with Gasteiger partial charge in [0.15, 0.2) is 5.13 Å². The van der Waals surface area contributed by atoms with Gasteiger partial charge in [-0.3, -0.25) is 4.79 Å². The number of pyridine rings is 1. The standard InChI is InChI=1S/C20H21N5OS3/c1-11-18(29-12(2)22-11)16-10-28-20(23-16)24-17-6-3-13(7-21-17)19(26)25-14-4-5-15(25)9-27-8-14/h3,6-7,10,14-15H,4-5,8-9H2,1-2H3,(H,21,23,24)/t14-,15+. The van der Waals surface area contributed by atoms with Gasteiger partial charge in [-0.05, 0) is 38.8 Å². The van der Waals surface area contributed by atoms with Crippen LogP contribution in [-0.2, 0) is 0 Å². The number of anilines is 2. The van der Waals surface area contributed by atoms with Crippen LogP contribution in [0.25, 0.3) is 10.6 Å². The molecule has 2 aliphatic heterocycles. The van der Waals surface area contributed by atoms with Crippen LogP contribution < -0.4 is 5.32 Å². The second-order valence-corrected chi connectivity index (χ2v) is 10.5. The van der Waals surface area contributed by atoms with Crippen molar-refractivity contribution in [1.29, 1.82) is 0 Å². The van der Waals surface area contributed by atoms with Gasteiger partial charge in [-0.15, -0.1) is 22.7 Å². The highest BCUT2D eigenvalue weighted by Crippen LogP contribution is 2.35. The van der Waals surface area contributed by atoms with Gasteiger partial charge < -0.3 is 10.2 Å². The molecule has 3 aromatic heterocycles. The molecule has 0 aromatic carbocycles. The van der Waals surface area contributed by atoms with E-state index in [1.807, 2.05) is 43.1 Å². The monoisotopic (exact) mass is 443 g/mol. The first-order valence-corrected chi connectivity index (χ1v) is 12.5. The van der Waals surface area contributed by atoms with Crippen molar-refractivity contribution in [2.24, 2.45) is 0 Å². The van der Waals surface area contributed by atoms with E-state index >= 15 is 0 Å². The molecule has 0 spiro atoms. The van der Waals surface area contributed by atoms with E-state index in [2.05, 4.69) is 25.2 Å². The van der Waals surface area contributed by atoms with Crippen LogP contribution in [0.2, 0.25) is 0 Å². The van der Waals surface area contributed by atoms with Gasteiger partial charge in [-0.2, -0.15) is 11.8 Å². The molecule has 5 rings (SSSR count). The predicted molar refractivity (Wildman–Crippen MR) is 121 cm³/mol. The van der Waals surface area contributed by atoms with Gasteiger partial charge in [0.25, 0.3) is 5.91 Å². The lowest BCUT2D eigenvalue weighted by Crippen LogP contribution is -2.46. The summed E-state index contributed by atoms with van der Waals surface area (Å²) in [5.41, 5.74) is 2.61. The van der Waals surface area contributed by atoms with Crippen molar-refractivity contribution in [3.8, 4) is 10.6 Å². The Morgan fingerprint density at radius 2 is 1.97 bits per heavy atom. The molecule has 1 N–H and O–H groups in total. The third kappa shape index (κ3) is 3.67. The number of carbonyl (C=O) groups is 1. The first kappa shape index (κ1) is 19.0. The number of amides is 1. The number of thiazole rings is 2. The van der Waals surface area contributed by atoms with Gasteiger partial charge in [0, 0.05) is 35.2 Å². The lowest BCUT2D eigenvalue weighted by Gasteiger charge is -2.34. The SMILES string of the molecule is Cc1nc(C)c(-c2csc(Nc3ccc(C(=O)N4[C@@H]5CC[C@H]4CSC5)cn3)n2)s1. The smallest absolute Gasteiger partial charge is 0.255 e. The second kappa shape index (κ2) is 7.70. The third-order valence-electron chi connectivity index (χ3n) is 5.36. The molecule has 2 aliphatic rings. The molecule has 6 nitrogen and oxygen atoms in total. The average molecular weight is 444 g/mol. The number of carbonyl (C=O) groups excluding carboxylic acids is 1. The summed E-state index contributed by atoms with van der Waals surface area (Å²) in [6.45, 7) is 4.02. The number of nitrogens with zero attached hydrogens (tertiary/aromatic N) is 4. The van der Waals surface area contributed by atoms with Crippen molar-refractivity contribution < 1.29 is 4.79 Å². The molecule has 2 bridgehead atoms. The summed E-state index contributed by atoms with van der Waals surface area (Å²) in [6.07, 6.45) is 3.93. The molecule has 0 aliphatic carbocycles. The normalized spacial score (nSPS) is 20.8. The molecule has 2 atom stereocenters. The summed E-state index contributed by atoms with van der Waals surface area (Å²) in [6, 6.07) is 4.49. The maximum absolute atomic E-state index is 13.0. The molecule has 2 fully saturated rings. The van der Waals surface area contributed by atoms with Crippen molar-refractivity contribution in [3.05, 3.63) is 40.0 Å². The van der Waals surface area contributed by atoms with E-state index in [4.69, 9.17) is 0 Å². The number of hydrogen-bond acceptors (Lipinski definition) is 8. The first-order valence-electron chi connectivity index (χ1n) is 9.62. The van der Waals surface area contributed by atoms with Gasteiger partial charge in [0.1, 0.15) is 5.82 Å². The molecular formula is C20H21N5OS3. The summed E-state index contributed by atoms with van der Waals surface area (Å²) in [7, 11) is 0. The quantitative estimate of drug-likeness (QED) is 0.628. The summed E-state index contributed by atoms with van der Waals surface area (Å²) in [5.74, 6) is 2.92. The molecule has 1 amide bonds. The first-order chi connectivity index (χ1) is 14.1. The summed E-state index contributed by atoms with van der Waals surface area (Å²) in [4.78, 5) is 29.8. The Morgan fingerprint density at radius 3 is 2.62 bits per heavy atom. The topological polar surface area (TPSA) is 71.0 Å². The number of aryl methyl sites for hydroxylation is 2. The minimum Gasteiger partial charge on any atom is -0.331 e. The highest BCUT2D eigenvalue weighted by Gasteiger charge is 2.40. The fraction of sp³-hybridized carbons (Fsp3) is 0.400. The molecule has 3 aromatic rings.